The molecule has 0 aliphatic carbocycles. The lowest BCUT2D eigenvalue weighted by molar-refractivity contribution is -0.126. The van der Waals surface area contributed by atoms with Crippen molar-refractivity contribution in [2.45, 2.75) is 20.8 Å². The Morgan fingerprint density at radius 2 is 2.06 bits per heavy atom. The van der Waals surface area contributed by atoms with Gasteiger partial charge in [-0.15, -0.1) is 5.10 Å². The number of amides is 1. The second kappa shape index (κ2) is 4.52. The normalized spacial score (nSPS) is 11.0. The molecule has 88 valence electrons. The number of carbonyl (C=O) groups is 1. The fourth-order valence-electron chi connectivity index (χ4n) is 0.758. The summed E-state index contributed by atoms with van der Waals surface area (Å²) in [4.78, 5) is 12.9. The van der Waals surface area contributed by atoms with Crippen molar-refractivity contribution < 1.29 is 4.79 Å². The molecule has 0 radical (unpaired) electrons. The molecule has 0 atom stereocenters. The molecule has 2 N–H and O–H groups in total. The molecule has 0 fully saturated rings. The highest BCUT2D eigenvalue weighted by molar-refractivity contribution is 7.80. The summed E-state index contributed by atoms with van der Waals surface area (Å²) in [6, 6.07) is 0. The molecule has 0 aliphatic heterocycles. The molecular formula is C8H14N6OS. The van der Waals surface area contributed by atoms with E-state index in [1.165, 1.54) is 4.80 Å². The minimum absolute atomic E-state index is 0.160. The van der Waals surface area contributed by atoms with Gasteiger partial charge < -0.3 is 5.32 Å². The van der Waals surface area contributed by atoms with Gasteiger partial charge in [0.2, 0.25) is 5.91 Å². The molecule has 1 aromatic rings. The van der Waals surface area contributed by atoms with Crippen molar-refractivity contribution in [3.8, 4) is 0 Å². The first-order valence-electron chi connectivity index (χ1n) is 4.65. The van der Waals surface area contributed by atoms with Gasteiger partial charge in [-0.3, -0.25) is 10.1 Å². The lowest BCUT2D eigenvalue weighted by Crippen LogP contribution is -2.41. The molecule has 1 heterocycles. The largest absolute Gasteiger partial charge is 0.302 e. The number of nitrogens with one attached hydrogen (secondary N) is 2. The van der Waals surface area contributed by atoms with Gasteiger partial charge in [0.1, 0.15) is 0 Å². The molecule has 0 unspecified atom stereocenters. The number of nitrogens with zero attached hydrogens (tertiary/aromatic N) is 4. The van der Waals surface area contributed by atoms with Crippen LogP contribution in [0.4, 0.5) is 5.95 Å². The molecule has 1 aromatic heterocycles. The van der Waals surface area contributed by atoms with Crippen LogP contribution in [-0.2, 0) is 11.8 Å². The molecule has 0 bridgehead atoms. The van der Waals surface area contributed by atoms with E-state index in [0.717, 1.165) is 0 Å². The number of carbonyl (C=O) groups excluding carboxylic acids is 1. The molecule has 7 nitrogen and oxygen atoms in total. The number of anilines is 1. The van der Waals surface area contributed by atoms with E-state index in [-0.39, 0.29) is 17.0 Å². The molecule has 0 spiro atoms. The summed E-state index contributed by atoms with van der Waals surface area (Å²) in [6.45, 7) is 5.39. The van der Waals surface area contributed by atoms with Crippen LogP contribution in [0.15, 0.2) is 0 Å². The number of hydrogen-bond donors (Lipinski definition) is 2. The minimum atomic E-state index is -0.498. The maximum atomic E-state index is 11.6. The number of aromatic nitrogens is 4. The maximum Gasteiger partial charge on any atom is 0.269 e. The van der Waals surface area contributed by atoms with Gasteiger partial charge in [0.15, 0.2) is 5.11 Å². The Hall–Kier alpha value is -1.57. The first kappa shape index (κ1) is 12.5. The summed E-state index contributed by atoms with van der Waals surface area (Å²) >= 11 is 4.93. The number of thiocarbonyl (C=S) groups is 1. The van der Waals surface area contributed by atoms with E-state index >= 15 is 0 Å². The third-order valence-electron chi connectivity index (χ3n) is 1.64. The molecule has 1 rings (SSSR count). The molecule has 0 saturated heterocycles. The monoisotopic (exact) mass is 242 g/mol. The van der Waals surface area contributed by atoms with Crippen molar-refractivity contribution in [3.63, 3.8) is 0 Å². The van der Waals surface area contributed by atoms with Gasteiger partial charge in [-0.2, -0.15) is 4.80 Å². The van der Waals surface area contributed by atoms with Gasteiger partial charge in [0.25, 0.3) is 5.95 Å². The van der Waals surface area contributed by atoms with Crippen LogP contribution in [0.5, 0.6) is 0 Å². The van der Waals surface area contributed by atoms with E-state index in [9.17, 15) is 4.79 Å². The Balaban J connectivity index is 2.52. The lowest BCUT2D eigenvalue weighted by Gasteiger charge is -2.17. The van der Waals surface area contributed by atoms with Gasteiger partial charge in [-0.1, -0.05) is 25.9 Å². The van der Waals surface area contributed by atoms with Crippen LogP contribution < -0.4 is 10.6 Å². The van der Waals surface area contributed by atoms with Crippen LogP contribution in [0.1, 0.15) is 20.8 Å². The Bertz CT molecular complexity index is 407. The standard InChI is InChI=1S/C8H14N6OS/c1-8(2,3)5(15)9-7(16)10-6-11-13-14(4)12-6/h1-4H3,(H2,9,10,12,15,16). The summed E-state index contributed by atoms with van der Waals surface area (Å²) in [6.07, 6.45) is 0. The summed E-state index contributed by atoms with van der Waals surface area (Å²) < 4.78 is 0. The zero-order valence-electron chi connectivity index (χ0n) is 9.61. The van der Waals surface area contributed by atoms with Crippen LogP contribution in [-0.4, -0.2) is 31.2 Å². The fraction of sp³-hybridized carbons (Fsp3) is 0.625. The van der Waals surface area contributed by atoms with Gasteiger partial charge in [-0.25, -0.2) is 0 Å². The summed E-state index contributed by atoms with van der Waals surface area (Å²) in [5.41, 5.74) is -0.498. The third-order valence-corrected chi connectivity index (χ3v) is 1.85. The highest BCUT2D eigenvalue weighted by Crippen LogP contribution is 2.12. The Kier molecular flexibility index (Phi) is 3.53. The van der Waals surface area contributed by atoms with Crippen LogP contribution in [0.25, 0.3) is 0 Å². The molecule has 8 heteroatoms. The van der Waals surface area contributed by atoms with Crippen molar-refractivity contribution in [1.82, 2.24) is 25.5 Å². The summed E-state index contributed by atoms with van der Waals surface area (Å²) in [7, 11) is 1.63. The minimum Gasteiger partial charge on any atom is -0.302 e. The molecule has 0 aliphatic rings. The maximum absolute atomic E-state index is 11.6. The highest BCUT2D eigenvalue weighted by Gasteiger charge is 2.22. The highest BCUT2D eigenvalue weighted by atomic mass is 32.1. The van der Waals surface area contributed by atoms with Crippen molar-refractivity contribution in [2.75, 3.05) is 5.32 Å². The topological polar surface area (TPSA) is 84.7 Å². The van der Waals surface area contributed by atoms with Crippen LogP contribution in [0.2, 0.25) is 0 Å². The first-order chi connectivity index (χ1) is 7.29. The SMILES string of the molecule is Cn1nnc(NC(=S)NC(=O)C(C)(C)C)n1. The number of aryl methyl sites for hydroxylation is 1. The Morgan fingerprint density at radius 1 is 1.44 bits per heavy atom. The number of tetrazole rings is 1. The number of rotatable bonds is 1. The van der Waals surface area contributed by atoms with Crippen molar-refractivity contribution in [3.05, 3.63) is 0 Å². The van der Waals surface area contributed by atoms with Crippen LogP contribution in [0.3, 0.4) is 0 Å². The van der Waals surface area contributed by atoms with E-state index < -0.39 is 5.41 Å². The van der Waals surface area contributed by atoms with E-state index in [1.807, 2.05) is 0 Å². The van der Waals surface area contributed by atoms with Crippen molar-refractivity contribution in [1.29, 1.82) is 0 Å². The van der Waals surface area contributed by atoms with Crippen LogP contribution in [0, 0.1) is 5.41 Å². The second-order valence-corrected chi connectivity index (χ2v) is 4.67. The zero-order chi connectivity index (χ0) is 12.3. The molecule has 0 aromatic carbocycles. The van der Waals surface area contributed by atoms with E-state index in [2.05, 4.69) is 26.0 Å². The molecule has 1 amide bonds. The van der Waals surface area contributed by atoms with E-state index in [0.29, 0.717) is 0 Å². The fourth-order valence-corrected chi connectivity index (χ4v) is 0.942. The Morgan fingerprint density at radius 3 is 2.50 bits per heavy atom. The Labute approximate surface area is 98.6 Å². The average Bonchev–Trinajstić information content (AvgIpc) is 2.49. The zero-order valence-corrected chi connectivity index (χ0v) is 10.4. The summed E-state index contributed by atoms with van der Waals surface area (Å²) in [5, 5.41) is 16.5. The van der Waals surface area contributed by atoms with Gasteiger partial charge in [-0.05, 0) is 17.4 Å². The van der Waals surface area contributed by atoms with Crippen LogP contribution >= 0.6 is 12.2 Å². The average molecular weight is 242 g/mol. The molecule has 0 saturated carbocycles. The number of hydrogen-bond acceptors (Lipinski definition) is 5. The summed E-state index contributed by atoms with van der Waals surface area (Å²) in [5.74, 6) is 0.0793. The van der Waals surface area contributed by atoms with Gasteiger partial charge in [0, 0.05) is 5.41 Å². The van der Waals surface area contributed by atoms with E-state index in [1.54, 1.807) is 27.8 Å². The lowest BCUT2D eigenvalue weighted by atomic mass is 9.96. The molecule has 16 heavy (non-hydrogen) atoms. The smallest absolute Gasteiger partial charge is 0.269 e. The predicted octanol–water partition coefficient (Wildman–Crippen LogP) is 0.0692. The van der Waals surface area contributed by atoms with E-state index in [4.69, 9.17) is 12.2 Å². The third kappa shape index (κ3) is 3.54. The quantitative estimate of drug-likeness (QED) is 0.678. The second-order valence-electron chi connectivity index (χ2n) is 4.26. The van der Waals surface area contributed by atoms with Crippen molar-refractivity contribution >= 4 is 29.2 Å². The van der Waals surface area contributed by atoms with Crippen molar-refractivity contribution in [2.24, 2.45) is 12.5 Å². The first-order valence-corrected chi connectivity index (χ1v) is 5.06. The molecular weight excluding hydrogens is 228 g/mol. The van der Waals surface area contributed by atoms with Gasteiger partial charge in [0.05, 0.1) is 7.05 Å². The van der Waals surface area contributed by atoms with Gasteiger partial charge >= 0.3 is 0 Å². The predicted molar refractivity (Wildman–Crippen MR) is 62.6 cm³/mol.